The molecule has 2 rings (SSSR count). The van der Waals surface area contributed by atoms with Crippen LogP contribution in [-0.2, 0) is 19.3 Å². The fourth-order valence-corrected chi connectivity index (χ4v) is 2.71. The highest BCUT2D eigenvalue weighted by atomic mass is 32.2. The lowest BCUT2D eigenvalue weighted by molar-refractivity contribution is -0.137. The predicted octanol–water partition coefficient (Wildman–Crippen LogP) is 0.971. The van der Waals surface area contributed by atoms with Crippen LogP contribution in [0.3, 0.4) is 0 Å². The van der Waals surface area contributed by atoms with E-state index in [0.717, 1.165) is 6.26 Å². The molecule has 0 spiro atoms. The first-order chi connectivity index (χ1) is 9.67. The Bertz CT molecular complexity index is 639. The van der Waals surface area contributed by atoms with Crippen LogP contribution in [0.25, 0.3) is 0 Å². The summed E-state index contributed by atoms with van der Waals surface area (Å²) in [5.41, 5.74) is 0.302. The maximum Gasteiger partial charge on any atom is 0.251 e. The van der Waals surface area contributed by atoms with Crippen LogP contribution in [0.15, 0.2) is 29.2 Å². The third-order valence-electron chi connectivity index (χ3n) is 3.08. The lowest BCUT2D eigenvalue weighted by atomic mass is 10.2. The van der Waals surface area contributed by atoms with Crippen LogP contribution in [0.5, 0.6) is 0 Å². The van der Waals surface area contributed by atoms with Gasteiger partial charge in [0.15, 0.2) is 15.6 Å². The summed E-state index contributed by atoms with van der Waals surface area (Å²) in [4.78, 5) is 12.2. The molecule has 1 amide bonds. The average molecular weight is 313 g/mol. The van der Waals surface area contributed by atoms with Crippen molar-refractivity contribution in [2.45, 2.75) is 30.6 Å². The lowest BCUT2D eigenvalue weighted by Crippen LogP contribution is -2.34. The molecule has 7 heteroatoms. The molecular weight excluding hydrogens is 294 g/mol. The van der Waals surface area contributed by atoms with E-state index in [4.69, 9.17) is 9.47 Å². The minimum Gasteiger partial charge on any atom is -0.349 e. The maximum atomic E-state index is 12.0. The third-order valence-corrected chi connectivity index (χ3v) is 4.19. The summed E-state index contributed by atoms with van der Waals surface area (Å²) in [5.74, 6) is -0.972. The van der Waals surface area contributed by atoms with Gasteiger partial charge in [-0.15, -0.1) is 0 Å². The molecule has 1 fully saturated rings. The minimum atomic E-state index is -3.33. The van der Waals surface area contributed by atoms with Crippen molar-refractivity contribution < 1.29 is 22.7 Å². The zero-order valence-electron chi connectivity index (χ0n) is 12.3. The van der Waals surface area contributed by atoms with Gasteiger partial charge in [0.1, 0.15) is 6.10 Å². The first-order valence-corrected chi connectivity index (χ1v) is 8.47. The van der Waals surface area contributed by atoms with Gasteiger partial charge in [-0.2, -0.15) is 0 Å². The van der Waals surface area contributed by atoms with E-state index in [1.165, 1.54) is 12.1 Å². The SMILES string of the molecule is CC1(C)OCC(CNC(=O)c2cccc(S(C)(=O)=O)c2)O1. The fourth-order valence-electron chi connectivity index (χ4n) is 2.04. The van der Waals surface area contributed by atoms with E-state index in [-0.39, 0.29) is 16.9 Å². The smallest absolute Gasteiger partial charge is 0.251 e. The molecule has 116 valence electrons. The number of carbonyl (C=O) groups excluding carboxylic acids is 1. The zero-order valence-corrected chi connectivity index (χ0v) is 13.1. The van der Waals surface area contributed by atoms with Crippen molar-refractivity contribution in [2.75, 3.05) is 19.4 Å². The van der Waals surface area contributed by atoms with Crippen LogP contribution >= 0.6 is 0 Å². The van der Waals surface area contributed by atoms with E-state index >= 15 is 0 Å². The molecule has 1 aliphatic rings. The molecule has 1 heterocycles. The highest BCUT2D eigenvalue weighted by Crippen LogP contribution is 2.21. The van der Waals surface area contributed by atoms with Gasteiger partial charge in [-0.25, -0.2) is 8.42 Å². The molecular formula is C14H19NO5S. The molecule has 1 aromatic rings. The second-order valence-electron chi connectivity index (χ2n) is 5.46. The molecule has 1 atom stereocenters. The number of nitrogens with one attached hydrogen (secondary N) is 1. The quantitative estimate of drug-likeness (QED) is 0.896. The van der Waals surface area contributed by atoms with Crippen molar-refractivity contribution >= 4 is 15.7 Å². The summed E-state index contributed by atoms with van der Waals surface area (Å²) in [7, 11) is -3.33. The second kappa shape index (κ2) is 5.75. The number of hydrogen-bond donors (Lipinski definition) is 1. The average Bonchev–Trinajstić information content (AvgIpc) is 2.75. The van der Waals surface area contributed by atoms with Gasteiger partial charge in [0.05, 0.1) is 11.5 Å². The fraction of sp³-hybridized carbons (Fsp3) is 0.500. The Morgan fingerprint density at radius 3 is 2.71 bits per heavy atom. The van der Waals surface area contributed by atoms with Crippen LogP contribution in [0.4, 0.5) is 0 Å². The van der Waals surface area contributed by atoms with Crippen LogP contribution in [0.2, 0.25) is 0 Å². The Balaban J connectivity index is 1.98. The van der Waals surface area contributed by atoms with Gasteiger partial charge in [0.2, 0.25) is 0 Å². The standard InChI is InChI=1S/C14H19NO5S/c1-14(2)19-9-11(20-14)8-15-13(16)10-5-4-6-12(7-10)21(3,17)18/h4-7,11H,8-9H2,1-3H3,(H,15,16). The Labute approximate surface area is 124 Å². The number of benzene rings is 1. The lowest BCUT2D eigenvalue weighted by Gasteiger charge is -2.17. The highest BCUT2D eigenvalue weighted by molar-refractivity contribution is 7.90. The van der Waals surface area contributed by atoms with Crippen LogP contribution in [0, 0.1) is 0 Å². The van der Waals surface area contributed by atoms with Gasteiger partial charge in [0, 0.05) is 18.4 Å². The van der Waals surface area contributed by atoms with E-state index in [2.05, 4.69) is 5.32 Å². The Morgan fingerprint density at radius 2 is 2.14 bits per heavy atom. The summed E-state index contributed by atoms with van der Waals surface area (Å²) in [5, 5.41) is 2.72. The van der Waals surface area contributed by atoms with Crippen molar-refractivity contribution in [3.8, 4) is 0 Å². The number of hydrogen-bond acceptors (Lipinski definition) is 5. The second-order valence-corrected chi connectivity index (χ2v) is 7.48. The van der Waals surface area contributed by atoms with E-state index in [0.29, 0.717) is 18.7 Å². The predicted molar refractivity (Wildman–Crippen MR) is 76.8 cm³/mol. The van der Waals surface area contributed by atoms with Gasteiger partial charge in [0.25, 0.3) is 5.91 Å². The minimum absolute atomic E-state index is 0.122. The van der Waals surface area contributed by atoms with Gasteiger partial charge in [-0.05, 0) is 32.0 Å². The summed E-state index contributed by atoms with van der Waals surface area (Å²) in [6.45, 7) is 4.34. The molecule has 6 nitrogen and oxygen atoms in total. The molecule has 21 heavy (non-hydrogen) atoms. The van der Waals surface area contributed by atoms with Crippen molar-refractivity contribution in [3.63, 3.8) is 0 Å². The first kappa shape index (κ1) is 15.9. The molecule has 0 aliphatic carbocycles. The van der Waals surface area contributed by atoms with Crippen LogP contribution < -0.4 is 5.32 Å². The normalized spacial score (nSPS) is 21.2. The molecule has 0 saturated carbocycles. The molecule has 1 aromatic carbocycles. The van der Waals surface area contributed by atoms with Crippen molar-refractivity contribution in [1.82, 2.24) is 5.32 Å². The Kier molecular flexibility index (Phi) is 4.36. The largest absolute Gasteiger partial charge is 0.349 e. The topological polar surface area (TPSA) is 81.7 Å². The van der Waals surface area contributed by atoms with Crippen molar-refractivity contribution in [2.24, 2.45) is 0 Å². The summed E-state index contributed by atoms with van der Waals surface area (Å²) < 4.78 is 33.9. The van der Waals surface area contributed by atoms with E-state index in [9.17, 15) is 13.2 Å². The van der Waals surface area contributed by atoms with Crippen molar-refractivity contribution in [3.05, 3.63) is 29.8 Å². The summed E-state index contributed by atoms with van der Waals surface area (Å²) in [6.07, 6.45) is 0.901. The number of ether oxygens (including phenoxy) is 2. The van der Waals surface area contributed by atoms with Gasteiger partial charge < -0.3 is 14.8 Å². The van der Waals surface area contributed by atoms with E-state index in [1.54, 1.807) is 12.1 Å². The zero-order chi connectivity index (χ0) is 15.7. The third kappa shape index (κ3) is 4.26. The van der Waals surface area contributed by atoms with Crippen LogP contribution in [-0.4, -0.2) is 45.6 Å². The molecule has 0 bridgehead atoms. The maximum absolute atomic E-state index is 12.0. The van der Waals surface area contributed by atoms with E-state index < -0.39 is 15.6 Å². The number of sulfone groups is 1. The van der Waals surface area contributed by atoms with E-state index in [1.807, 2.05) is 13.8 Å². The monoisotopic (exact) mass is 313 g/mol. The Morgan fingerprint density at radius 1 is 1.43 bits per heavy atom. The first-order valence-electron chi connectivity index (χ1n) is 6.57. The summed E-state index contributed by atoms with van der Waals surface area (Å²) >= 11 is 0. The van der Waals surface area contributed by atoms with Crippen LogP contribution in [0.1, 0.15) is 24.2 Å². The summed E-state index contributed by atoms with van der Waals surface area (Å²) in [6, 6.07) is 5.94. The highest BCUT2D eigenvalue weighted by Gasteiger charge is 2.32. The molecule has 1 aliphatic heterocycles. The number of rotatable bonds is 4. The van der Waals surface area contributed by atoms with Crippen molar-refractivity contribution in [1.29, 1.82) is 0 Å². The number of carbonyl (C=O) groups is 1. The molecule has 0 aromatic heterocycles. The molecule has 1 saturated heterocycles. The molecule has 1 unspecified atom stereocenters. The van der Waals surface area contributed by atoms with Gasteiger partial charge in [-0.3, -0.25) is 4.79 Å². The van der Waals surface area contributed by atoms with Gasteiger partial charge in [-0.1, -0.05) is 6.07 Å². The molecule has 0 radical (unpaired) electrons. The Hall–Kier alpha value is -1.44. The van der Waals surface area contributed by atoms with Gasteiger partial charge >= 0.3 is 0 Å². The number of amides is 1. The molecule has 1 N–H and O–H groups in total.